The first-order valence-corrected chi connectivity index (χ1v) is 17.1. The molecule has 246 valence electrons. The second kappa shape index (κ2) is 14.5. The van der Waals surface area contributed by atoms with E-state index in [9.17, 15) is 9.90 Å². The van der Waals surface area contributed by atoms with E-state index in [0.717, 1.165) is 106 Å². The van der Waals surface area contributed by atoms with Gasteiger partial charge in [-0.25, -0.2) is 4.98 Å². The first-order chi connectivity index (χ1) is 23.0. The third-order valence-corrected chi connectivity index (χ3v) is 10.1. The number of carbonyl (C=O) groups is 1. The van der Waals surface area contributed by atoms with Crippen LogP contribution in [0.1, 0.15) is 60.5 Å². The normalized spacial score (nSPS) is 20.4. The van der Waals surface area contributed by atoms with Crippen LogP contribution in [-0.4, -0.2) is 82.9 Å². The van der Waals surface area contributed by atoms with E-state index in [1.54, 1.807) is 0 Å². The van der Waals surface area contributed by atoms with Crippen molar-refractivity contribution in [2.24, 2.45) is 0 Å². The summed E-state index contributed by atoms with van der Waals surface area (Å²) in [7, 11) is 0. The minimum atomic E-state index is -0.732. The number of aromatic nitrogens is 2. The van der Waals surface area contributed by atoms with Gasteiger partial charge in [0.15, 0.2) is 5.82 Å². The molecule has 2 aromatic heterocycles. The Hall–Kier alpha value is -3.89. The number of hydrogen-bond donors (Lipinski definition) is 2. The predicted octanol–water partition coefficient (Wildman–Crippen LogP) is 6.51. The summed E-state index contributed by atoms with van der Waals surface area (Å²) < 4.78 is 11.9. The van der Waals surface area contributed by atoms with Gasteiger partial charge in [-0.2, -0.15) is 0 Å². The highest BCUT2D eigenvalue weighted by molar-refractivity contribution is 5.91. The van der Waals surface area contributed by atoms with Crippen LogP contribution >= 0.6 is 0 Å². The second-order valence-electron chi connectivity index (χ2n) is 13.1. The van der Waals surface area contributed by atoms with Crippen LogP contribution in [0.2, 0.25) is 0 Å². The Morgan fingerprint density at radius 2 is 1.89 bits per heavy atom. The molecule has 0 amide bonds. The molecule has 9 nitrogen and oxygen atoms in total. The molecule has 2 N–H and O–H groups in total. The van der Waals surface area contributed by atoms with Gasteiger partial charge in [-0.15, -0.1) is 0 Å². The highest BCUT2D eigenvalue weighted by atomic mass is 16.5. The minimum absolute atomic E-state index is 0.0754. The Morgan fingerprint density at radius 3 is 2.77 bits per heavy atom. The van der Waals surface area contributed by atoms with Crippen LogP contribution in [0.15, 0.2) is 60.9 Å². The van der Waals surface area contributed by atoms with Crippen LogP contribution in [-0.2, 0) is 27.2 Å². The molecule has 0 radical (unpaired) electrons. The Kier molecular flexibility index (Phi) is 9.76. The summed E-state index contributed by atoms with van der Waals surface area (Å²) in [4.78, 5) is 25.7. The van der Waals surface area contributed by atoms with Crippen molar-refractivity contribution < 1.29 is 19.4 Å². The van der Waals surface area contributed by atoms with Gasteiger partial charge in [0.25, 0.3) is 0 Å². The molecule has 0 bridgehead atoms. The number of pyridine rings is 2. The number of nitrogens with zero attached hydrogens (tertiary/aromatic N) is 4. The second-order valence-corrected chi connectivity index (χ2v) is 13.1. The zero-order valence-corrected chi connectivity index (χ0v) is 27.3. The standard InChI is InChI=1S/C38H45N5O4/c1-26-30(31-8-4-9-33-32(31)11-12-35(33)47-21-18-42-16-19-46-20-17-42)7-5-10-34(26)41-38-37-28(13-14-39-38)22-27(24-40-37)25-43-15-3-2-6-29(43)23-36(44)45/h4-5,7-10,13-14,22,24,29,35H,2-3,6,11-12,15-21,23,25H2,1H3,(H,39,41)(H,44,45). The lowest BCUT2D eigenvalue weighted by Gasteiger charge is -2.34. The lowest BCUT2D eigenvalue weighted by Crippen LogP contribution is -2.40. The number of carboxylic acid groups (broad SMARTS) is 1. The van der Waals surface area contributed by atoms with E-state index in [1.165, 1.54) is 27.8 Å². The van der Waals surface area contributed by atoms with E-state index in [0.29, 0.717) is 6.54 Å². The average Bonchev–Trinajstić information content (AvgIpc) is 3.50. The molecule has 4 aromatic rings. The molecule has 0 spiro atoms. The van der Waals surface area contributed by atoms with Crippen molar-refractivity contribution in [3.8, 4) is 11.1 Å². The largest absolute Gasteiger partial charge is 0.481 e. The van der Waals surface area contributed by atoms with Gasteiger partial charge in [-0.1, -0.05) is 36.8 Å². The number of anilines is 2. The minimum Gasteiger partial charge on any atom is -0.481 e. The van der Waals surface area contributed by atoms with Crippen molar-refractivity contribution in [1.29, 1.82) is 0 Å². The number of aliphatic carboxylic acids is 1. The SMILES string of the molecule is Cc1c(Nc2nccc3cc(CN4CCCCC4CC(=O)O)cnc23)cccc1-c1cccc2c1CCC2OCCN1CCOCC1. The van der Waals surface area contributed by atoms with Gasteiger partial charge >= 0.3 is 5.97 Å². The van der Waals surface area contributed by atoms with Gasteiger partial charge in [0.05, 0.1) is 32.3 Å². The highest BCUT2D eigenvalue weighted by Crippen LogP contribution is 2.41. The number of hydrogen-bond acceptors (Lipinski definition) is 8. The third-order valence-electron chi connectivity index (χ3n) is 10.1. The number of ether oxygens (including phenoxy) is 2. The van der Waals surface area contributed by atoms with Crippen LogP contribution in [0.3, 0.4) is 0 Å². The maximum absolute atomic E-state index is 11.4. The van der Waals surface area contributed by atoms with Crippen LogP contribution in [0.4, 0.5) is 11.5 Å². The number of morpholine rings is 1. The molecule has 2 aliphatic heterocycles. The van der Waals surface area contributed by atoms with E-state index in [1.807, 2.05) is 18.5 Å². The Morgan fingerprint density at radius 1 is 1.04 bits per heavy atom. The van der Waals surface area contributed by atoms with Crippen molar-refractivity contribution in [2.75, 3.05) is 51.3 Å². The van der Waals surface area contributed by atoms with Crippen molar-refractivity contribution in [2.45, 2.75) is 64.1 Å². The number of rotatable bonds is 11. The number of carboxylic acids is 1. The van der Waals surface area contributed by atoms with E-state index in [2.05, 4.69) is 69.5 Å². The Bertz CT molecular complexity index is 1720. The summed E-state index contributed by atoms with van der Waals surface area (Å²) >= 11 is 0. The summed E-state index contributed by atoms with van der Waals surface area (Å²) in [5.41, 5.74) is 9.28. The van der Waals surface area contributed by atoms with Crippen molar-refractivity contribution in [3.63, 3.8) is 0 Å². The Balaban J connectivity index is 1.07. The van der Waals surface area contributed by atoms with Crippen molar-refractivity contribution in [1.82, 2.24) is 19.8 Å². The molecule has 2 atom stereocenters. The molecule has 3 aliphatic rings. The number of fused-ring (bicyclic) bond motifs is 2. The van der Waals surface area contributed by atoms with E-state index in [-0.39, 0.29) is 18.6 Å². The molecule has 2 saturated heterocycles. The first-order valence-electron chi connectivity index (χ1n) is 17.1. The molecule has 2 unspecified atom stereocenters. The zero-order chi connectivity index (χ0) is 32.2. The molecule has 2 aromatic carbocycles. The van der Waals surface area contributed by atoms with Crippen LogP contribution < -0.4 is 5.32 Å². The van der Waals surface area contributed by atoms with Gasteiger partial charge < -0.3 is 19.9 Å². The summed E-state index contributed by atoms with van der Waals surface area (Å²) in [6.07, 6.45) is 9.21. The number of piperidine rings is 1. The number of benzene rings is 2. The van der Waals surface area contributed by atoms with Crippen LogP contribution in [0.25, 0.3) is 22.0 Å². The third kappa shape index (κ3) is 7.18. The van der Waals surface area contributed by atoms with Crippen molar-refractivity contribution >= 4 is 28.4 Å². The molecule has 7 rings (SSSR count). The maximum atomic E-state index is 11.4. The summed E-state index contributed by atoms with van der Waals surface area (Å²) in [6, 6.07) is 17.3. The molecule has 9 heteroatoms. The van der Waals surface area contributed by atoms with E-state index < -0.39 is 5.97 Å². The molecular weight excluding hydrogens is 590 g/mol. The summed E-state index contributed by atoms with van der Waals surface area (Å²) in [5, 5.41) is 14.0. The lowest BCUT2D eigenvalue weighted by atomic mass is 9.93. The van der Waals surface area contributed by atoms with Crippen molar-refractivity contribution in [3.05, 3.63) is 83.2 Å². The fraction of sp³-hybridized carbons (Fsp3) is 0.447. The zero-order valence-electron chi connectivity index (χ0n) is 27.3. The van der Waals surface area contributed by atoms with Gasteiger partial charge in [0, 0.05) is 55.7 Å². The smallest absolute Gasteiger partial charge is 0.304 e. The molecule has 0 saturated carbocycles. The van der Waals surface area contributed by atoms with Gasteiger partial charge in [0.1, 0.15) is 5.52 Å². The summed E-state index contributed by atoms with van der Waals surface area (Å²) in [5.74, 6) is -0.00675. The summed E-state index contributed by atoms with van der Waals surface area (Å²) in [6.45, 7) is 9.08. The Labute approximate surface area is 276 Å². The quantitative estimate of drug-likeness (QED) is 0.191. The van der Waals surface area contributed by atoms with Gasteiger partial charge in [0.2, 0.25) is 0 Å². The monoisotopic (exact) mass is 635 g/mol. The topological polar surface area (TPSA) is 100 Å². The van der Waals surface area contributed by atoms with Crippen LogP contribution in [0, 0.1) is 6.92 Å². The fourth-order valence-corrected chi connectivity index (χ4v) is 7.60. The number of likely N-dealkylation sites (tertiary alicyclic amines) is 1. The van der Waals surface area contributed by atoms with Crippen LogP contribution in [0.5, 0.6) is 0 Å². The molecular formula is C38H45N5O4. The van der Waals surface area contributed by atoms with Gasteiger partial charge in [-0.3, -0.25) is 19.6 Å². The molecule has 1 aliphatic carbocycles. The van der Waals surface area contributed by atoms with E-state index >= 15 is 0 Å². The average molecular weight is 636 g/mol. The lowest BCUT2D eigenvalue weighted by molar-refractivity contribution is -0.138. The maximum Gasteiger partial charge on any atom is 0.304 e. The number of nitrogens with one attached hydrogen (secondary N) is 1. The molecule has 4 heterocycles. The highest BCUT2D eigenvalue weighted by Gasteiger charge is 2.27. The van der Waals surface area contributed by atoms with Gasteiger partial charge in [-0.05, 0) is 90.7 Å². The molecule has 47 heavy (non-hydrogen) atoms. The first kappa shape index (κ1) is 31.7. The molecule has 2 fully saturated rings. The fourth-order valence-electron chi connectivity index (χ4n) is 7.60. The predicted molar refractivity (Wildman–Crippen MR) is 184 cm³/mol. The van der Waals surface area contributed by atoms with E-state index in [4.69, 9.17) is 14.5 Å².